The molecule has 8 nitrogen and oxygen atoms in total. The molecule has 0 atom stereocenters. The molecule has 1 spiro atoms. The van der Waals surface area contributed by atoms with Gasteiger partial charge in [0.15, 0.2) is 0 Å². The number of morpholine rings is 1. The van der Waals surface area contributed by atoms with E-state index in [1.54, 1.807) is 12.1 Å². The van der Waals surface area contributed by atoms with E-state index in [2.05, 4.69) is 4.90 Å². The van der Waals surface area contributed by atoms with Crippen molar-refractivity contribution in [3.63, 3.8) is 0 Å². The van der Waals surface area contributed by atoms with E-state index in [0.717, 1.165) is 25.2 Å². The van der Waals surface area contributed by atoms with Crippen LogP contribution in [0.25, 0.3) is 0 Å². The van der Waals surface area contributed by atoms with E-state index in [1.165, 1.54) is 17.0 Å². The van der Waals surface area contributed by atoms with Crippen molar-refractivity contribution >= 4 is 17.9 Å². The van der Waals surface area contributed by atoms with Crippen molar-refractivity contribution in [1.82, 2.24) is 14.9 Å². The van der Waals surface area contributed by atoms with Crippen molar-refractivity contribution in [2.45, 2.75) is 37.8 Å². The molecule has 156 valence electrons. The SMILES string of the molecule is O=C(ON1C(=O)CCC1=O)N1CCC2(CC1)CN(Cc1ccc(F)cc1)CCO2. The van der Waals surface area contributed by atoms with Gasteiger partial charge in [0, 0.05) is 45.6 Å². The highest BCUT2D eigenvalue weighted by Crippen LogP contribution is 2.31. The molecule has 3 heterocycles. The predicted octanol–water partition coefficient (Wildman–Crippen LogP) is 1.69. The quantitative estimate of drug-likeness (QED) is 0.712. The minimum Gasteiger partial charge on any atom is -0.372 e. The van der Waals surface area contributed by atoms with Gasteiger partial charge in [0.25, 0.3) is 11.8 Å². The highest BCUT2D eigenvalue weighted by atomic mass is 19.1. The molecule has 3 aliphatic rings. The van der Waals surface area contributed by atoms with Gasteiger partial charge < -0.3 is 14.5 Å². The number of hydrogen-bond donors (Lipinski definition) is 0. The Bertz CT molecular complexity index is 776. The molecule has 1 aromatic carbocycles. The van der Waals surface area contributed by atoms with Crippen LogP contribution in [0.15, 0.2) is 24.3 Å². The molecule has 29 heavy (non-hydrogen) atoms. The van der Waals surface area contributed by atoms with Crippen molar-refractivity contribution in [2.24, 2.45) is 0 Å². The number of benzene rings is 1. The molecule has 0 aliphatic carbocycles. The van der Waals surface area contributed by atoms with Crippen molar-refractivity contribution < 1.29 is 28.3 Å². The van der Waals surface area contributed by atoms with Crippen molar-refractivity contribution in [3.05, 3.63) is 35.6 Å². The molecule has 0 aromatic heterocycles. The van der Waals surface area contributed by atoms with Gasteiger partial charge >= 0.3 is 6.09 Å². The van der Waals surface area contributed by atoms with Gasteiger partial charge in [-0.05, 0) is 30.5 Å². The van der Waals surface area contributed by atoms with Gasteiger partial charge in [-0.1, -0.05) is 12.1 Å². The summed E-state index contributed by atoms with van der Waals surface area (Å²) < 4.78 is 19.2. The number of amides is 3. The van der Waals surface area contributed by atoms with Gasteiger partial charge in [-0.3, -0.25) is 14.5 Å². The van der Waals surface area contributed by atoms with Crippen molar-refractivity contribution in [3.8, 4) is 0 Å². The molecular formula is C20H24FN3O5. The lowest BCUT2D eigenvalue weighted by Gasteiger charge is -2.47. The first kappa shape index (κ1) is 19.8. The summed E-state index contributed by atoms with van der Waals surface area (Å²) in [6.07, 6.45) is 0.760. The second kappa shape index (κ2) is 8.08. The summed E-state index contributed by atoms with van der Waals surface area (Å²) in [5.74, 6) is -1.21. The minimum atomic E-state index is -0.678. The number of ether oxygens (including phenoxy) is 1. The van der Waals surface area contributed by atoms with E-state index >= 15 is 0 Å². The fraction of sp³-hybridized carbons (Fsp3) is 0.550. The zero-order valence-electron chi connectivity index (χ0n) is 16.1. The number of carbonyl (C=O) groups excluding carboxylic acids is 3. The number of piperidine rings is 1. The monoisotopic (exact) mass is 405 g/mol. The van der Waals surface area contributed by atoms with Gasteiger partial charge in [0.05, 0.1) is 12.2 Å². The van der Waals surface area contributed by atoms with E-state index in [0.29, 0.717) is 37.6 Å². The number of carbonyl (C=O) groups is 3. The Balaban J connectivity index is 1.30. The maximum Gasteiger partial charge on any atom is 0.434 e. The molecule has 0 unspecified atom stereocenters. The lowest BCUT2D eigenvalue weighted by molar-refractivity contribution is -0.176. The Morgan fingerprint density at radius 3 is 2.38 bits per heavy atom. The van der Waals surface area contributed by atoms with Crippen LogP contribution in [0.1, 0.15) is 31.2 Å². The predicted molar refractivity (Wildman–Crippen MR) is 98.7 cm³/mol. The zero-order valence-corrected chi connectivity index (χ0v) is 16.1. The van der Waals surface area contributed by atoms with Gasteiger partial charge in [-0.25, -0.2) is 9.18 Å². The molecule has 0 saturated carbocycles. The lowest BCUT2D eigenvalue weighted by Crippen LogP contribution is -2.57. The van der Waals surface area contributed by atoms with Crippen LogP contribution in [0.4, 0.5) is 9.18 Å². The largest absolute Gasteiger partial charge is 0.434 e. The molecule has 1 aromatic rings. The summed E-state index contributed by atoms with van der Waals surface area (Å²) in [4.78, 5) is 44.3. The van der Waals surface area contributed by atoms with E-state index in [9.17, 15) is 18.8 Å². The molecule has 4 rings (SSSR count). The van der Waals surface area contributed by atoms with Crippen LogP contribution in [0, 0.1) is 5.82 Å². The number of hydrogen-bond acceptors (Lipinski definition) is 6. The fourth-order valence-electron chi connectivity index (χ4n) is 4.10. The van der Waals surface area contributed by atoms with Gasteiger partial charge in [0.1, 0.15) is 5.82 Å². The Hall–Kier alpha value is -2.52. The molecular weight excluding hydrogens is 381 g/mol. The second-order valence-corrected chi connectivity index (χ2v) is 7.79. The van der Waals surface area contributed by atoms with Crippen LogP contribution >= 0.6 is 0 Å². The third-order valence-electron chi connectivity index (χ3n) is 5.75. The number of likely N-dealkylation sites (tertiary alicyclic amines) is 1. The van der Waals surface area contributed by atoms with E-state index in [-0.39, 0.29) is 24.3 Å². The Labute approximate surface area is 168 Å². The molecule has 0 radical (unpaired) electrons. The van der Waals surface area contributed by atoms with Gasteiger partial charge in [-0.2, -0.15) is 0 Å². The number of hydroxylamine groups is 2. The molecule has 0 bridgehead atoms. The maximum absolute atomic E-state index is 13.1. The first-order valence-corrected chi connectivity index (χ1v) is 9.88. The Kier molecular flexibility index (Phi) is 5.51. The number of imide groups is 1. The lowest BCUT2D eigenvalue weighted by atomic mass is 9.89. The Morgan fingerprint density at radius 1 is 1.07 bits per heavy atom. The van der Waals surface area contributed by atoms with Crippen LogP contribution in [0.5, 0.6) is 0 Å². The summed E-state index contributed by atoms with van der Waals surface area (Å²) in [6, 6.07) is 6.51. The van der Waals surface area contributed by atoms with Crippen molar-refractivity contribution in [2.75, 3.05) is 32.8 Å². The highest BCUT2D eigenvalue weighted by molar-refractivity contribution is 6.01. The summed E-state index contributed by atoms with van der Waals surface area (Å²) in [6.45, 7) is 3.71. The average Bonchev–Trinajstić information content (AvgIpc) is 3.02. The molecule has 0 N–H and O–H groups in total. The minimum absolute atomic E-state index is 0.0763. The summed E-state index contributed by atoms with van der Waals surface area (Å²) in [5, 5.41) is 0.578. The maximum atomic E-state index is 13.1. The highest BCUT2D eigenvalue weighted by Gasteiger charge is 2.42. The van der Waals surface area contributed by atoms with Crippen molar-refractivity contribution in [1.29, 1.82) is 0 Å². The first-order chi connectivity index (χ1) is 13.9. The number of nitrogens with zero attached hydrogens (tertiary/aromatic N) is 3. The van der Waals surface area contributed by atoms with Crippen LogP contribution in [0.3, 0.4) is 0 Å². The standard InChI is InChI=1S/C20H24FN3O5/c21-16-3-1-15(2-4-16)13-22-11-12-28-20(14-22)7-9-23(10-8-20)19(27)29-24-17(25)5-6-18(24)26/h1-4H,5-14H2. The van der Waals surface area contributed by atoms with E-state index in [4.69, 9.17) is 9.57 Å². The number of rotatable bonds is 3. The topological polar surface area (TPSA) is 79.4 Å². The van der Waals surface area contributed by atoms with Crippen LogP contribution in [-0.2, 0) is 25.7 Å². The molecule has 3 fully saturated rings. The smallest absolute Gasteiger partial charge is 0.372 e. The van der Waals surface area contributed by atoms with Crippen LogP contribution < -0.4 is 0 Å². The van der Waals surface area contributed by atoms with E-state index < -0.39 is 17.9 Å². The van der Waals surface area contributed by atoms with Gasteiger partial charge in [-0.15, -0.1) is 5.06 Å². The Morgan fingerprint density at radius 2 is 1.72 bits per heavy atom. The van der Waals surface area contributed by atoms with Gasteiger partial charge in [0.2, 0.25) is 0 Å². The average molecular weight is 405 g/mol. The molecule has 9 heteroatoms. The summed E-state index contributed by atoms with van der Waals surface area (Å²) in [7, 11) is 0. The van der Waals surface area contributed by atoms with Crippen LogP contribution in [-0.4, -0.2) is 71.2 Å². The third-order valence-corrected chi connectivity index (χ3v) is 5.75. The van der Waals surface area contributed by atoms with E-state index in [1.807, 2.05) is 0 Å². The fourth-order valence-corrected chi connectivity index (χ4v) is 4.10. The second-order valence-electron chi connectivity index (χ2n) is 7.79. The molecule has 3 aliphatic heterocycles. The van der Waals surface area contributed by atoms with Crippen LogP contribution in [0.2, 0.25) is 0 Å². The first-order valence-electron chi connectivity index (χ1n) is 9.88. The summed E-state index contributed by atoms with van der Waals surface area (Å²) >= 11 is 0. The normalized spacial score (nSPS) is 22.4. The zero-order chi connectivity index (χ0) is 20.4. The molecule has 3 amide bonds. The molecule has 3 saturated heterocycles. The number of halogens is 1. The summed E-state index contributed by atoms with van der Waals surface area (Å²) in [5.41, 5.74) is 0.707. The third kappa shape index (κ3) is 4.40.